The van der Waals surface area contributed by atoms with Gasteiger partial charge in [-0.05, 0) is 48.6 Å². The van der Waals surface area contributed by atoms with E-state index in [1.807, 2.05) is 48.5 Å². The van der Waals surface area contributed by atoms with E-state index < -0.39 is 0 Å². The van der Waals surface area contributed by atoms with Crippen molar-refractivity contribution >= 4 is 17.0 Å². The molecule has 0 radical (unpaired) electrons. The molecule has 26 heavy (non-hydrogen) atoms. The maximum Gasteiger partial charge on any atom is 0.407 e. The minimum atomic E-state index is -0.389. The predicted octanol–water partition coefficient (Wildman–Crippen LogP) is 3.82. The van der Waals surface area contributed by atoms with Crippen molar-refractivity contribution < 1.29 is 9.53 Å². The minimum absolute atomic E-state index is 0.0375. The molecule has 1 amide bonds. The molecule has 1 aliphatic rings. The van der Waals surface area contributed by atoms with E-state index in [0.29, 0.717) is 5.56 Å². The zero-order valence-corrected chi connectivity index (χ0v) is 14.3. The van der Waals surface area contributed by atoms with Gasteiger partial charge < -0.3 is 15.0 Å². The van der Waals surface area contributed by atoms with E-state index in [1.54, 1.807) is 0 Å². The summed E-state index contributed by atoms with van der Waals surface area (Å²) in [6, 6.07) is 17.5. The van der Waals surface area contributed by atoms with Crippen molar-refractivity contribution in [3.63, 3.8) is 0 Å². The SMILES string of the molecule is N#Cc1ccc2[nH]c3c(c2c1)CC(NC(=O)OCc1ccccc1)CC3. The third-order valence-electron chi connectivity index (χ3n) is 4.85. The highest BCUT2D eigenvalue weighted by atomic mass is 16.5. The fourth-order valence-electron chi connectivity index (χ4n) is 3.54. The summed E-state index contributed by atoms with van der Waals surface area (Å²) in [4.78, 5) is 15.5. The van der Waals surface area contributed by atoms with Crippen LogP contribution >= 0.6 is 0 Å². The van der Waals surface area contributed by atoms with Gasteiger partial charge in [0.15, 0.2) is 0 Å². The summed E-state index contributed by atoms with van der Waals surface area (Å²) in [6.07, 6.45) is 2.09. The quantitative estimate of drug-likeness (QED) is 0.757. The first-order chi connectivity index (χ1) is 12.7. The van der Waals surface area contributed by atoms with Crippen LogP contribution in [-0.4, -0.2) is 17.1 Å². The van der Waals surface area contributed by atoms with Crippen LogP contribution in [0.25, 0.3) is 10.9 Å². The molecule has 0 saturated heterocycles. The summed E-state index contributed by atoms with van der Waals surface area (Å²) in [6.45, 7) is 0.267. The molecule has 0 fully saturated rings. The minimum Gasteiger partial charge on any atom is -0.445 e. The van der Waals surface area contributed by atoms with Crippen molar-refractivity contribution in [2.24, 2.45) is 0 Å². The van der Waals surface area contributed by atoms with Gasteiger partial charge in [-0.3, -0.25) is 0 Å². The van der Waals surface area contributed by atoms with E-state index in [9.17, 15) is 4.79 Å². The second-order valence-electron chi connectivity index (χ2n) is 6.60. The number of carbonyl (C=O) groups excluding carboxylic acids is 1. The van der Waals surface area contributed by atoms with Gasteiger partial charge in [0.1, 0.15) is 6.61 Å². The van der Waals surface area contributed by atoms with Crippen molar-refractivity contribution in [1.82, 2.24) is 10.3 Å². The number of H-pyrrole nitrogens is 1. The second-order valence-corrected chi connectivity index (χ2v) is 6.60. The van der Waals surface area contributed by atoms with Crippen molar-refractivity contribution in [3.8, 4) is 6.07 Å². The van der Waals surface area contributed by atoms with Gasteiger partial charge in [0, 0.05) is 22.6 Å². The van der Waals surface area contributed by atoms with Gasteiger partial charge in [-0.2, -0.15) is 5.26 Å². The first-order valence-electron chi connectivity index (χ1n) is 8.74. The average Bonchev–Trinajstić information content (AvgIpc) is 3.04. The number of nitrogens with one attached hydrogen (secondary N) is 2. The number of nitrogens with zero attached hydrogens (tertiary/aromatic N) is 1. The molecule has 0 aliphatic heterocycles. The number of aromatic nitrogens is 1. The molecule has 1 atom stereocenters. The second kappa shape index (κ2) is 6.93. The van der Waals surface area contributed by atoms with E-state index in [0.717, 1.165) is 35.7 Å². The number of rotatable bonds is 3. The van der Waals surface area contributed by atoms with Gasteiger partial charge in [-0.15, -0.1) is 0 Å². The molecule has 4 rings (SSSR count). The van der Waals surface area contributed by atoms with Crippen molar-refractivity contribution in [2.45, 2.75) is 31.9 Å². The Morgan fingerprint density at radius 2 is 2.12 bits per heavy atom. The molecular weight excluding hydrogens is 326 g/mol. The first kappa shape index (κ1) is 16.2. The van der Waals surface area contributed by atoms with Gasteiger partial charge >= 0.3 is 6.09 Å². The van der Waals surface area contributed by atoms with E-state index in [4.69, 9.17) is 10.00 Å². The van der Waals surface area contributed by atoms with Crippen LogP contribution in [0.4, 0.5) is 4.79 Å². The number of hydrogen-bond acceptors (Lipinski definition) is 3. The fraction of sp³-hybridized carbons (Fsp3) is 0.238. The van der Waals surface area contributed by atoms with Crippen LogP contribution in [-0.2, 0) is 24.2 Å². The third kappa shape index (κ3) is 3.27. The van der Waals surface area contributed by atoms with E-state index >= 15 is 0 Å². The van der Waals surface area contributed by atoms with Crippen LogP contribution in [0.2, 0.25) is 0 Å². The van der Waals surface area contributed by atoms with Crippen LogP contribution in [0, 0.1) is 11.3 Å². The van der Waals surface area contributed by atoms with Crippen molar-refractivity contribution in [1.29, 1.82) is 5.26 Å². The van der Waals surface area contributed by atoms with Gasteiger partial charge in [0.25, 0.3) is 0 Å². The van der Waals surface area contributed by atoms with Crippen LogP contribution < -0.4 is 5.32 Å². The molecule has 2 N–H and O–H groups in total. The molecule has 5 heteroatoms. The highest BCUT2D eigenvalue weighted by Gasteiger charge is 2.24. The molecule has 0 bridgehead atoms. The number of amides is 1. The number of benzene rings is 2. The topological polar surface area (TPSA) is 77.9 Å². The van der Waals surface area contributed by atoms with Gasteiger partial charge in [0.05, 0.1) is 11.6 Å². The smallest absolute Gasteiger partial charge is 0.407 e. The highest BCUT2D eigenvalue weighted by molar-refractivity contribution is 5.86. The van der Waals surface area contributed by atoms with Crippen LogP contribution in [0.5, 0.6) is 0 Å². The standard InChI is InChI=1S/C21H19N3O2/c22-12-15-6-8-19-17(10-15)18-11-16(7-9-20(18)24-19)23-21(25)26-13-14-4-2-1-3-5-14/h1-6,8,10,16,24H,7,9,11,13H2,(H,23,25). The molecule has 130 valence electrons. The Bertz CT molecular complexity index is 986. The molecule has 1 aliphatic carbocycles. The molecule has 1 aromatic heterocycles. The van der Waals surface area contributed by atoms with Crippen molar-refractivity contribution in [2.75, 3.05) is 0 Å². The van der Waals surface area contributed by atoms with E-state index in [-0.39, 0.29) is 18.7 Å². The first-order valence-corrected chi connectivity index (χ1v) is 8.74. The highest BCUT2D eigenvalue weighted by Crippen LogP contribution is 2.30. The number of hydrogen-bond donors (Lipinski definition) is 2. The molecule has 1 unspecified atom stereocenters. The summed E-state index contributed by atoms with van der Waals surface area (Å²) in [7, 11) is 0. The van der Waals surface area contributed by atoms with E-state index in [1.165, 1.54) is 11.3 Å². The number of carbonyl (C=O) groups is 1. The van der Waals surface area contributed by atoms with Crippen LogP contribution in [0.3, 0.4) is 0 Å². The van der Waals surface area contributed by atoms with E-state index in [2.05, 4.69) is 16.4 Å². The lowest BCUT2D eigenvalue weighted by Gasteiger charge is -2.23. The normalized spacial score (nSPS) is 15.9. The van der Waals surface area contributed by atoms with Crippen LogP contribution in [0.1, 0.15) is 28.8 Å². The summed E-state index contributed by atoms with van der Waals surface area (Å²) < 4.78 is 5.32. The molecule has 0 saturated carbocycles. The molecule has 1 heterocycles. The monoisotopic (exact) mass is 345 g/mol. The zero-order valence-electron chi connectivity index (χ0n) is 14.3. The predicted molar refractivity (Wildman–Crippen MR) is 98.6 cm³/mol. The Labute approximate surface area is 151 Å². The average molecular weight is 345 g/mol. The Balaban J connectivity index is 1.43. The molecular formula is C21H19N3O2. The number of ether oxygens (including phenoxy) is 1. The Morgan fingerprint density at radius 3 is 2.92 bits per heavy atom. The number of aryl methyl sites for hydroxylation is 1. The molecule has 0 spiro atoms. The van der Waals surface area contributed by atoms with Crippen molar-refractivity contribution in [3.05, 3.63) is 70.9 Å². The Kier molecular flexibility index (Phi) is 4.32. The zero-order chi connectivity index (χ0) is 17.9. The number of fused-ring (bicyclic) bond motifs is 3. The molecule has 5 nitrogen and oxygen atoms in total. The molecule has 3 aromatic rings. The summed E-state index contributed by atoms with van der Waals surface area (Å²) in [5, 5.41) is 13.2. The Hall–Kier alpha value is -3.26. The molecule has 2 aromatic carbocycles. The summed E-state index contributed by atoms with van der Waals surface area (Å²) >= 11 is 0. The van der Waals surface area contributed by atoms with Gasteiger partial charge in [-0.25, -0.2) is 4.79 Å². The number of alkyl carbamates (subject to hydrolysis) is 1. The lowest BCUT2D eigenvalue weighted by Crippen LogP contribution is -2.39. The fourth-order valence-corrected chi connectivity index (χ4v) is 3.54. The van der Waals surface area contributed by atoms with Gasteiger partial charge in [-0.1, -0.05) is 30.3 Å². The van der Waals surface area contributed by atoms with Gasteiger partial charge in [0.2, 0.25) is 0 Å². The lowest BCUT2D eigenvalue weighted by molar-refractivity contribution is 0.134. The number of nitriles is 1. The number of aromatic amines is 1. The Morgan fingerprint density at radius 1 is 1.27 bits per heavy atom. The maximum absolute atomic E-state index is 12.1. The largest absolute Gasteiger partial charge is 0.445 e. The van der Waals surface area contributed by atoms with Crippen LogP contribution in [0.15, 0.2) is 48.5 Å². The summed E-state index contributed by atoms with van der Waals surface area (Å²) in [5.74, 6) is 0. The lowest BCUT2D eigenvalue weighted by atomic mass is 9.91. The maximum atomic E-state index is 12.1. The third-order valence-corrected chi connectivity index (χ3v) is 4.85. The summed E-state index contributed by atoms with van der Waals surface area (Å²) in [5.41, 5.74) is 5.05.